The predicted molar refractivity (Wildman–Crippen MR) is 92.2 cm³/mol. The molecule has 3 N–H and O–H groups in total. The number of aromatic hydroxyl groups is 1. The molecular weight excluding hydrogens is 346 g/mol. The number of carboxylic acids is 2. The molecule has 3 rings (SSSR count). The van der Waals surface area contributed by atoms with Gasteiger partial charge in [0.2, 0.25) is 0 Å². The van der Waals surface area contributed by atoms with Gasteiger partial charge < -0.3 is 15.3 Å². The number of carbonyl (C=O) groups is 2. The number of fused-ring (bicyclic) bond motifs is 1. The summed E-state index contributed by atoms with van der Waals surface area (Å²) in [5.41, 5.74) is 0.627. The molecule has 1 aromatic heterocycles. The molecule has 0 aliphatic carbocycles. The third kappa shape index (κ3) is 3.12. The summed E-state index contributed by atoms with van der Waals surface area (Å²) in [6, 6.07) is 11.2. The van der Waals surface area contributed by atoms with E-state index < -0.39 is 18.4 Å². The van der Waals surface area contributed by atoms with E-state index in [1.165, 1.54) is 12.1 Å². The maximum absolute atomic E-state index is 11.9. The van der Waals surface area contributed by atoms with Crippen LogP contribution in [0, 0.1) is 0 Å². The number of hydrogen-bond donors (Lipinski definition) is 3. The van der Waals surface area contributed by atoms with Crippen molar-refractivity contribution in [2.45, 2.75) is 6.42 Å². The molecule has 0 saturated carbocycles. The van der Waals surface area contributed by atoms with Crippen LogP contribution in [-0.4, -0.2) is 32.2 Å². The number of nitrogens with zero attached hydrogens (tertiary/aromatic N) is 1. The van der Waals surface area contributed by atoms with Gasteiger partial charge >= 0.3 is 11.9 Å². The van der Waals surface area contributed by atoms with Crippen LogP contribution in [0.2, 0.25) is 5.02 Å². The molecule has 2 aromatic carbocycles. The molecule has 0 atom stereocenters. The van der Waals surface area contributed by atoms with Crippen molar-refractivity contribution in [3.8, 4) is 17.0 Å². The number of pyridine rings is 1. The van der Waals surface area contributed by atoms with Crippen molar-refractivity contribution in [3.05, 3.63) is 58.6 Å². The minimum absolute atomic E-state index is 0.0507. The molecule has 0 bridgehead atoms. The minimum Gasteiger partial charge on any atom is -0.506 e. The zero-order valence-corrected chi connectivity index (χ0v) is 13.5. The van der Waals surface area contributed by atoms with Gasteiger partial charge in [-0.3, -0.25) is 4.79 Å². The van der Waals surface area contributed by atoms with Crippen molar-refractivity contribution in [2.75, 3.05) is 0 Å². The summed E-state index contributed by atoms with van der Waals surface area (Å²) < 4.78 is 0. The van der Waals surface area contributed by atoms with Gasteiger partial charge in [-0.2, -0.15) is 0 Å². The van der Waals surface area contributed by atoms with Crippen LogP contribution in [0.15, 0.2) is 42.5 Å². The fourth-order valence-corrected chi connectivity index (χ4v) is 2.97. The summed E-state index contributed by atoms with van der Waals surface area (Å²) >= 11 is 5.92. The highest BCUT2D eigenvalue weighted by Crippen LogP contribution is 2.36. The lowest BCUT2D eigenvalue weighted by Crippen LogP contribution is -2.12. The Kier molecular flexibility index (Phi) is 4.29. The Morgan fingerprint density at radius 3 is 2.36 bits per heavy atom. The smallest absolute Gasteiger partial charge is 0.336 e. The lowest BCUT2D eigenvalue weighted by molar-refractivity contribution is -0.136. The van der Waals surface area contributed by atoms with Crippen LogP contribution in [-0.2, 0) is 11.2 Å². The third-order valence-corrected chi connectivity index (χ3v) is 3.94. The second-order valence-electron chi connectivity index (χ2n) is 5.38. The van der Waals surface area contributed by atoms with Gasteiger partial charge in [0.05, 0.1) is 17.7 Å². The van der Waals surface area contributed by atoms with E-state index in [2.05, 4.69) is 4.98 Å². The quantitative estimate of drug-likeness (QED) is 0.658. The zero-order chi connectivity index (χ0) is 18.1. The maximum Gasteiger partial charge on any atom is 0.336 e. The van der Waals surface area contributed by atoms with Crippen LogP contribution < -0.4 is 0 Å². The normalized spacial score (nSPS) is 10.8. The van der Waals surface area contributed by atoms with Gasteiger partial charge in [-0.05, 0) is 6.07 Å². The highest BCUT2D eigenvalue weighted by molar-refractivity contribution is 6.32. The first-order valence-corrected chi connectivity index (χ1v) is 7.62. The first kappa shape index (κ1) is 16.7. The molecule has 0 spiro atoms. The van der Waals surface area contributed by atoms with E-state index in [1.807, 2.05) is 0 Å². The molecule has 0 unspecified atom stereocenters. The van der Waals surface area contributed by atoms with Gasteiger partial charge in [0.25, 0.3) is 0 Å². The number of hydrogen-bond acceptors (Lipinski definition) is 4. The number of aromatic carboxylic acids is 1. The first-order valence-electron chi connectivity index (χ1n) is 7.24. The number of aromatic nitrogens is 1. The van der Waals surface area contributed by atoms with Crippen LogP contribution >= 0.6 is 11.6 Å². The molecule has 0 amide bonds. The molecule has 0 saturated heterocycles. The maximum atomic E-state index is 11.9. The van der Waals surface area contributed by atoms with Crippen molar-refractivity contribution in [3.63, 3.8) is 0 Å². The molecule has 25 heavy (non-hydrogen) atoms. The molecular formula is C18H12ClNO5. The molecule has 0 aliphatic heterocycles. The first-order chi connectivity index (χ1) is 11.9. The van der Waals surface area contributed by atoms with Crippen LogP contribution in [0.3, 0.4) is 0 Å². The predicted octanol–water partition coefficient (Wildman–Crippen LogP) is 3.59. The van der Waals surface area contributed by atoms with Crippen molar-refractivity contribution >= 4 is 34.4 Å². The summed E-state index contributed by atoms with van der Waals surface area (Å²) in [4.78, 5) is 27.5. The third-order valence-electron chi connectivity index (χ3n) is 3.72. The number of rotatable bonds is 4. The molecule has 3 aromatic rings. The number of benzene rings is 2. The van der Waals surface area contributed by atoms with E-state index in [0.29, 0.717) is 5.56 Å². The van der Waals surface area contributed by atoms with Crippen LogP contribution in [0.5, 0.6) is 5.75 Å². The van der Waals surface area contributed by atoms with Gasteiger partial charge in [-0.15, -0.1) is 0 Å². The van der Waals surface area contributed by atoms with E-state index in [-0.39, 0.29) is 38.5 Å². The van der Waals surface area contributed by atoms with Crippen molar-refractivity contribution in [1.29, 1.82) is 0 Å². The van der Waals surface area contributed by atoms with Crippen LogP contribution in [0.25, 0.3) is 22.2 Å². The summed E-state index contributed by atoms with van der Waals surface area (Å²) in [7, 11) is 0. The largest absolute Gasteiger partial charge is 0.506 e. The van der Waals surface area contributed by atoms with E-state index >= 15 is 0 Å². The van der Waals surface area contributed by atoms with Gasteiger partial charge in [0, 0.05) is 27.6 Å². The standard InChI is InChI=1S/C18H12ClNO5/c19-10-6-11-15(18(24)25)12(8-14(22)23)16(9-4-2-1-3-5-9)20-17(11)13(21)7-10/h1-7,21H,8H2,(H,22,23)(H,24,25). The number of carboxylic acid groups (broad SMARTS) is 2. The van der Waals surface area contributed by atoms with Crippen molar-refractivity contribution in [2.24, 2.45) is 0 Å². The average Bonchev–Trinajstić information content (AvgIpc) is 2.54. The molecule has 1 heterocycles. The fourth-order valence-electron chi connectivity index (χ4n) is 2.76. The van der Waals surface area contributed by atoms with E-state index in [4.69, 9.17) is 11.6 Å². The van der Waals surface area contributed by atoms with E-state index in [0.717, 1.165) is 0 Å². The Morgan fingerprint density at radius 1 is 1.08 bits per heavy atom. The number of phenolic OH excluding ortho intramolecular Hbond substituents is 1. The van der Waals surface area contributed by atoms with Crippen molar-refractivity contribution in [1.82, 2.24) is 4.98 Å². The highest BCUT2D eigenvalue weighted by Gasteiger charge is 2.24. The van der Waals surface area contributed by atoms with Gasteiger partial charge in [0.1, 0.15) is 11.3 Å². The molecule has 0 fully saturated rings. The second kappa shape index (κ2) is 6.41. The number of phenols is 1. The summed E-state index contributed by atoms with van der Waals surface area (Å²) in [6.07, 6.45) is -0.526. The van der Waals surface area contributed by atoms with Crippen molar-refractivity contribution < 1.29 is 24.9 Å². The Hall–Kier alpha value is -3.12. The second-order valence-corrected chi connectivity index (χ2v) is 5.81. The monoisotopic (exact) mass is 357 g/mol. The van der Waals surface area contributed by atoms with Gasteiger partial charge in [-0.1, -0.05) is 41.9 Å². The van der Waals surface area contributed by atoms with Crippen LogP contribution in [0.4, 0.5) is 0 Å². The highest BCUT2D eigenvalue weighted by atomic mass is 35.5. The SMILES string of the molecule is O=C(O)Cc1c(-c2ccccc2)nc2c(O)cc(Cl)cc2c1C(=O)O. The fraction of sp³-hybridized carbons (Fsp3) is 0.0556. The summed E-state index contributed by atoms with van der Waals surface area (Å²) in [5, 5.41) is 29.3. The Labute approximate surface area is 146 Å². The molecule has 126 valence electrons. The molecule has 6 nitrogen and oxygen atoms in total. The lowest BCUT2D eigenvalue weighted by atomic mass is 9.94. The number of aliphatic carboxylic acids is 1. The topological polar surface area (TPSA) is 108 Å². The molecule has 0 aliphatic rings. The molecule has 7 heteroatoms. The molecule has 0 radical (unpaired) electrons. The van der Waals surface area contributed by atoms with E-state index in [1.54, 1.807) is 30.3 Å². The number of halogens is 1. The summed E-state index contributed by atoms with van der Waals surface area (Å²) in [5.74, 6) is -2.78. The minimum atomic E-state index is -1.32. The van der Waals surface area contributed by atoms with E-state index in [9.17, 15) is 24.9 Å². The van der Waals surface area contributed by atoms with Gasteiger partial charge in [0.15, 0.2) is 0 Å². The average molecular weight is 358 g/mol. The lowest BCUT2D eigenvalue weighted by Gasteiger charge is -2.15. The Balaban J connectivity index is 2.49. The Morgan fingerprint density at radius 2 is 1.76 bits per heavy atom. The van der Waals surface area contributed by atoms with Gasteiger partial charge in [-0.25, -0.2) is 9.78 Å². The van der Waals surface area contributed by atoms with Crippen LogP contribution in [0.1, 0.15) is 15.9 Å². The Bertz CT molecular complexity index is 1000. The zero-order valence-electron chi connectivity index (χ0n) is 12.7. The summed E-state index contributed by atoms with van der Waals surface area (Å²) in [6.45, 7) is 0.